The van der Waals surface area contributed by atoms with Crippen molar-refractivity contribution in [1.82, 2.24) is 14.5 Å². The SMILES string of the molecule is c1ccc2c(c1)-c1nc3ccccc3nc1-n1c3cccc(-c4ccc5sc6ccccc6c5c4)c3c3cccc-2c31. The summed E-state index contributed by atoms with van der Waals surface area (Å²) in [5, 5.41) is 5.10. The molecule has 3 nitrogen and oxygen atoms in total. The molecule has 0 saturated heterocycles. The summed E-state index contributed by atoms with van der Waals surface area (Å²) in [6, 6.07) is 45.8. The minimum atomic E-state index is 0.877. The molecule has 1 aliphatic rings. The third kappa shape index (κ3) is 2.89. The van der Waals surface area contributed by atoms with Crippen LogP contribution in [-0.2, 0) is 0 Å². The molecule has 194 valence electrons. The first kappa shape index (κ1) is 22.4. The van der Waals surface area contributed by atoms with E-state index >= 15 is 0 Å². The van der Waals surface area contributed by atoms with E-state index in [1.165, 1.54) is 58.7 Å². The van der Waals surface area contributed by atoms with Crippen LogP contribution in [0.4, 0.5) is 0 Å². The summed E-state index contributed by atoms with van der Waals surface area (Å²) < 4.78 is 5.00. The predicted molar refractivity (Wildman–Crippen MR) is 177 cm³/mol. The summed E-state index contributed by atoms with van der Waals surface area (Å²) >= 11 is 1.86. The Kier molecular flexibility index (Phi) is 4.33. The first-order valence-electron chi connectivity index (χ1n) is 14.2. The lowest BCUT2D eigenvalue weighted by molar-refractivity contribution is 1.09. The zero-order valence-corrected chi connectivity index (χ0v) is 23.2. The molecule has 0 atom stereocenters. The molecule has 4 heterocycles. The van der Waals surface area contributed by atoms with Gasteiger partial charge in [0.05, 0.1) is 22.1 Å². The molecular weight excluding hydrogens is 531 g/mol. The predicted octanol–water partition coefficient (Wildman–Crippen LogP) is 10.4. The van der Waals surface area contributed by atoms with Gasteiger partial charge < -0.3 is 0 Å². The molecule has 6 aromatic carbocycles. The third-order valence-electron chi connectivity index (χ3n) is 8.74. The Morgan fingerprint density at radius 2 is 1.19 bits per heavy atom. The van der Waals surface area contributed by atoms with Crippen LogP contribution in [-0.4, -0.2) is 14.5 Å². The highest BCUT2D eigenvalue weighted by molar-refractivity contribution is 7.25. The van der Waals surface area contributed by atoms with Gasteiger partial charge >= 0.3 is 0 Å². The Balaban J connectivity index is 1.37. The van der Waals surface area contributed by atoms with Crippen LogP contribution in [0.5, 0.6) is 0 Å². The Morgan fingerprint density at radius 1 is 0.500 bits per heavy atom. The monoisotopic (exact) mass is 551 g/mol. The molecule has 9 aromatic rings. The molecular formula is C38H21N3S. The van der Waals surface area contributed by atoms with Crippen LogP contribution in [0.1, 0.15) is 0 Å². The second kappa shape index (κ2) is 8.12. The van der Waals surface area contributed by atoms with E-state index in [1.807, 2.05) is 23.5 Å². The molecule has 4 heteroatoms. The first-order valence-corrected chi connectivity index (χ1v) is 15.0. The number of hydrogen-bond donors (Lipinski definition) is 0. The maximum Gasteiger partial charge on any atom is 0.165 e. The minimum absolute atomic E-state index is 0.877. The van der Waals surface area contributed by atoms with Gasteiger partial charge in [-0.3, -0.25) is 4.57 Å². The van der Waals surface area contributed by atoms with Crippen LogP contribution < -0.4 is 0 Å². The van der Waals surface area contributed by atoms with Crippen LogP contribution in [0, 0.1) is 0 Å². The molecule has 0 bridgehead atoms. The smallest absolute Gasteiger partial charge is 0.165 e. The average molecular weight is 552 g/mol. The second-order valence-electron chi connectivity index (χ2n) is 11.0. The number of hydrogen-bond acceptors (Lipinski definition) is 3. The molecule has 0 radical (unpaired) electrons. The van der Waals surface area contributed by atoms with Crippen molar-refractivity contribution in [3.63, 3.8) is 0 Å². The zero-order chi connectivity index (χ0) is 27.4. The lowest BCUT2D eigenvalue weighted by Gasteiger charge is -2.12. The van der Waals surface area contributed by atoms with E-state index in [-0.39, 0.29) is 0 Å². The highest BCUT2D eigenvalue weighted by Crippen LogP contribution is 2.48. The van der Waals surface area contributed by atoms with Crippen LogP contribution in [0.2, 0.25) is 0 Å². The van der Waals surface area contributed by atoms with Gasteiger partial charge in [-0.05, 0) is 53.1 Å². The van der Waals surface area contributed by atoms with Crippen LogP contribution >= 0.6 is 11.3 Å². The maximum absolute atomic E-state index is 5.29. The molecule has 42 heavy (non-hydrogen) atoms. The Bertz CT molecular complexity index is 2590. The van der Waals surface area contributed by atoms with Gasteiger partial charge in [0.25, 0.3) is 0 Å². The lowest BCUT2D eigenvalue weighted by atomic mass is 9.94. The van der Waals surface area contributed by atoms with E-state index in [4.69, 9.17) is 9.97 Å². The van der Waals surface area contributed by atoms with Gasteiger partial charge in [-0.2, -0.15) is 0 Å². The number of aromatic nitrogens is 3. The second-order valence-corrected chi connectivity index (χ2v) is 12.1. The lowest BCUT2D eigenvalue weighted by Crippen LogP contribution is -2.02. The molecule has 0 N–H and O–H groups in total. The van der Waals surface area contributed by atoms with Crippen molar-refractivity contribution in [2.75, 3.05) is 0 Å². The molecule has 0 unspecified atom stereocenters. The number of fused-ring (bicyclic) bond motifs is 12. The summed E-state index contributed by atoms with van der Waals surface area (Å²) in [5.74, 6) is 0.877. The van der Waals surface area contributed by atoms with Crippen LogP contribution in [0.15, 0.2) is 127 Å². The first-order chi connectivity index (χ1) is 20.8. The van der Waals surface area contributed by atoms with Gasteiger partial charge in [-0.1, -0.05) is 91.0 Å². The number of rotatable bonds is 1. The fourth-order valence-electron chi connectivity index (χ4n) is 6.94. The van der Waals surface area contributed by atoms with Gasteiger partial charge in [0.1, 0.15) is 5.69 Å². The van der Waals surface area contributed by atoms with Crippen molar-refractivity contribution in [1.29, 1.82) is 0 Å². The molecule has 1 aliphatic heterocycles. The quantitative estimate of drug-likeness (QED) is 0.203. The van der Waals surface area contributed by atoms with Gasteiger partial charge in [0.2, 0.25) is 0 Å². The highest BCUT2D eigenvalue weighted by atomic mass is 32.1. The highest BCUT2D eigenvalue weighted by Gasteiger charge is 2.27. The standard InChI is InChI=1S/C38H21N3S/c1-2-11-26-24(9-1)27-13-7-14-28-35-23(22-19-20-34-29(21-22)25-10-3-6-18-33(25)42-34)12-8-17-32(35)41(37(27)28)38-36(26)39-30-15-4-5-16-31(30)40-38/h1-21H. The van der Waals surface area contributed by atoms with Gasteiger partial charge in [-0.15, -0.1) is 11.3 Å². The number of benzene rings is 6. The van der Waals surface area contributed by atoms with E-state index in [1.54, 1.807) is 0 Å². The Hall–Kier alpha value is -5.32. The van der Waals surface area contributed by atoms with Gasteiger partial charge in [-0.25, -0.2) is 9.97 Å². The van der Waals surface area contributed by atoms with Crippen LogP contribution in [0.3, 0.4) is 0 Å². The summed E-state index contributed by atoms with van der Waals surface area (Å²) in [6.07, 6.45) is 0. The van der Waals surface area contributed by atoms with Crippen molar-refractivity contribution in [2.45, 2.75) is 0 Å². The van der Waals surface area contributed by atoms with Crippen molar-refractivity contribution in [2.24, 2.45) is 0 Å². The minimum Gasteiger partial charge on any atom is -0.291 e. The molecule has 0 amide bonds. The summed E-state index contributed by atoms with van der Waals surface area (Å²) in [5.41, 5.74) is 11.0. The zero-order valence-electron chi connectivity index (χ0n) is 22.4. The number of nitrogens with zero attached hydrogens (tertiary/aromatic N) is 3. The average Bonchev–Trinajstić information content (AvgIpc) is 3.56. The van der Waals surface area contributed by atoms with Crippen molar-refractivity contribution in [3.05, 3.63) is 127 Å². The van der Waals surface area contributed by atoms with E-state index < -0.39 is 0 Å². The Labute approximate surface area is 245 Å². The molecule has 3 aromatic heterocycles. The van der Waals surface area contributed by atoms with Crippen LogP contribution in [0.25, 0.3) is 92.3 Å². The van der Waals surface area contributed by atoms with Gasteiger partial charge in [0.15, 0.2) is 5.82 Å². The van der Waals surface area contributed by atoms with E-state index in [9.17, 15) is 0 Å². The Morgan fingerprint density at radius 3 is 2.12 bits per heavy atom. The number of thiophene rings is 1. The van der Waals surface area contributed by atoms with Gasteiger partial charge in [0, 0.05) is 42.1 Å². The largest absolute Gasteiger partial charge is 0.291 e. The molecule has 10 rings (SSSR count). The third-order valence-corrected chi connectivity index (χ3v) is 9.89. The summed E-state index contributed by atoms with van der Waals surface area (Å²) in [6.45, 7) is 0. The van der Waals surface area contributed by atoms with E-state index in [0.29, 0.717) is 0 Å². The van der Waals surface area contributed by atoms with Crippen molar-refractivity contribution < 1.29 is 0 Å². The van der Waals surface area contributed by atoms with Crippen molar-refractivity contribution in [3.8, 4) is 39.3 Å². The summed E-state index contributed by atoms with van der Waals surface area (Å²) in [7, 11) is 0. The normalized spacial score (nSPS) is 12.3. The fourth-order valence-corrected chi connectivity index (χ4v) is 8.03. The van der Waals surface area contributed by atoms with E-state index in [0.717, 1.165) is 33.6 Å². The van der Waals surface area contributed by atoms with E-state index in [2.05, 4.69) is 120 Å². The molecule has 0 saturated carbocycles. The maximum atomic E-state index is 5.29. The molecule has 0 aliphatic carbocycles. The summed E-state index contributed by atoms with van der Waals surface area (Å²) in [4.78, 5) is 10.5. The molecule has 0 spiro atoms. The number of para-hydroxylation sites is 3. The topological polar surface area (TPSA) is 30.7 Å². The van der Waals surface area contributed by atoms with Crippen molar-refractivity contribution >= 4 is 64.3 Å². The molecule has 0 fully saturated rings. The fraction of sp³-hybridized carbons (Fsp3) is 0.